The molecular weight excluding hydrogens is 259 g/mol. The summed E-state index contributed by atoms with van der Waals surface area (Å²) in [5, 5.41) is 2.66. The average molecular weight is 274 g/mol. The van der Waals surface area contributed by atoms with Crippen LogP contribution in [0.5, 0.6) is 0 Å². The third-order valence-corrected chi connectivity index (χ3v) is 1.88. The zero-order valence-electron chi connectivity index (χ0n) is 8.98. The van der Waals surface area contributed by atoms with Crippen LogP contribution in [0.4, 0.5) is 0 Å². The van der Waals surface area contributed by atoms with Crippen LogP contribution in [0.25, 0.3) is 10.8 Å². The van der Waals surface area contributed by atoms with Crippen LogP contribution >= 0.6 is 0 Å². The van der Waals surface area contributed by atoms with Crippen molar-refractivity contribution in [2.75, 3.05) is 0 Å². The molecule has 1 heteroatoms. The van der Waals surface area contributed by atoms with E-state index in [9.17, 15) is 0 Å². The molecule has 0 bridgehead atoms. The van der Waals surface area contributed by atoms with Gasteiger partial charge in [-0.3, -0.25) is 0 Å². The Bertz CT molecular complexity index is 380. The van der Waals surface area contributed by atoms with Crippen molar-refractivity contribution < 1.29 is 26.2 Å². The van der Waals surface area contributed by atoms with Crippen molar-refractivity contribution in [1.29, 1.82) is 0 Å². The van der Waals surface area contributed by atoms with Crippen molar-refractivity contribution in [2.24, 2.45) is 0 Å². The zero-order chi connectivity index (χ0) is 10.2. The van der Waals surface area contributed by atoms with Gasteiger partial charge in [-0.25, -0.2) is 0 Å². The summed E-state index contributed by atoms with van der Waals surface area (Å²) in [6.07, 6.45) is 5.58. The van der Waals surface area contributed by atoms with E-state index < -0.39 is 0 Å². The topological polar surface area (TPSA) is 0 Å². The molecule has 0 fully saturated rings. The quantitative estimate of drug-likeness (QED) is 0.537. The molecular formula is C14H15Zr+. The molecule has 0 saturated carbocycles. The van der Waals surface area contributed by atoms with E-state index in [0.717, 1.165) is 0 Å². The fourth-order valence-corrected chi connectivity index (χ4v) is 1.21. The third-order valence-electron chi connectivity index (χ3n) is 1.88. The van der Waals surface area contributed by atoms with Crippen molar-refractivity contribution in [3.63, 3.8) is 0 Å². The van der Waals surface area contributed by atoms with Crippen LogP contribution in [0.1, 0.15) is 6.92 Å². The van der Waals surface area contributed by atoms with Gasteiger partial charge in [0.25, 0.3) is 0 Å². The first kappa shape index (κ1) is 14.2. The second-order valence-corrected chi connectivity index (χ2v) is 2.92. The van der Waals surface area contributed by atoms with Gasteiger partial charge in [0, 0.05) is 0 Å². The molecule has 2 aromatic carbocycles. The minimum absolute atomic E-state index is 0. The molecule has 0 unspecified atom stereocenters. The fourth-order valence-electron chi connectivity index (χ4n) is 1.21. The smallest absolute Gasteiger partial charge is 0.168 e. The number of rotatable bonds is 1. The Kier molecular flexibility index (Phi) is 8.04. The Labute approximate surface area is 111 Å². The van der Waals surface area contributed by atoms with E-state index in [1.165, 1.54) is 10.8 Å². The molecule has 0 aliphatic carbocycles. The molecule has 0 aromatic heterocycles. The molecule has 0 spiro atoms. The maximum Gasteiger partial charge on any atom is 2.00 e. The van der Waals surface area contributed by atoms with Crippen LogP contribution in [-0.2, 0) is 26.2 Å². The van der Waals surface area contributed by atoms with E-state index >= 15 is 0 Å². The first-order chi connectivity index (χ1) is 6.88. The first-order valence-electron chi connectivity index (χ1n) is 4.72. The summed E-state index contributed by atoms with van der Waals surface area (Å²) < 4.78 is 0. The summed E-state index contributed by atoms with van der Waals surface area (Å²) in [7, 11) is 0. The van der Waals surface area contributed by atoms with Crippen LogP contribution in [0.3, 0.4) is 0 Å². The number of fused-ring (bicyclic) bond motifs is 1. The third kappa shape index (κ3) is 4.99. The minimum atomic E-state index is 0. The summed E-state index contributed by atoms with van der Waals surface area (Å²) in [4.78, 5) is 0. The molecule has 2 aromatic rings. The number of hydrogen-bond donors (Lipinski definition) is 0. The molecule has 0 N–H and O–H groups in total. The van der Waals surface area contributed by atoms with Crippen LogP contribution < -0.4 is 0 Å². The summed E-state index contributed by atoms with van der Waals surface area (Å²) in [6, 6.07) is 14.7. The second-order valence-electron chi connectivity index (χ2n) is 2.92. The van der Waals surface area contributed by atoms with Gasteiger partial charge in [-0.15, -0.1) is 29.7 Å². The molecule has 15 heavy (non-hydrogen) atoms. The van der Waals surface area contributed by atoms with Gasteiger partial charge in [0.05, 0.1) is 0 Å². The molecule has 0 heterocycles. The summed E-state index contributed by atoms with van der Waals surface area (Å²) in [5.74, 6) is 0. The molecule has 2 rings (SSSR count). The average Bonchev–Trinajstić information content (AvgIpc) is 2.67. The molecule has 0 saturated heterocycles. The molecule has 0 aliphatic rings. The molecule has 0 radical (unpaired) electrons. The SMILES string of the molecule is C=CC=CC.[Zr+2].c1ccc2[cH-]ccc2c1. The normalized spacial score (nSPS) is 9.13. The van der Waals surface area contributed by atoms with Gasteiger partial charge in [-0.2, -0.15) is 17.5 Å². The van der Waals surface area contributed by atoms with Gasteiger partial charge < -0.3 is 0 Å². The standard InChI is InChI=1S/C9H7.C5H8.Zr/c1-2-5-9-7-3-6-8(9)4-1;1-3-5-4-2;/h1-7H;3-5H,1H2,2H3;/q-1;;+2. The van der Waals surface area contributed by atoms with Crippen LogP contribution in [0.15, 0.2) is 67.3 Å². The van der Waals surface area contributed by atoms with Gasteiger partial charge in [0.1, 0.15) is 0 Å². The van der Waals surface area contributed by atoms with E-state index in [4.69, 9.17) is 0 Å². The Morgan fingerprint density at radius 2 is 1.93 bits per heavy atom. The van der Waals surface area contributed by atoms with Crippen LogP contribution in [-0.4, -0.2) is 0 Å². The van der Waals surface area contributed by atoms with E-state index in [0.29, 0.717) is 0 Å². The van der Waals surface area contributed by atoms with Crippen molar-refractivity contribution in [1.82, 2.24) is 0 Å². The number of benzene rings is 1. The minimum Gasteiger partial charge on any atom is -0.168 e. The number of allylic oxidation sites excluding steroid dienone is 3. The van der Waals surface area contributed by atoms with Gasteiger partial charge in [-0.1, -0.05) is 30.9 Å². The molecule has 0 aliphatic heterocycles. The predicted molar refractivity (Wildman–Crippen MR) is 64.6 cm³/mol. The zero-order valence-corrected chi connectivity index (χ0v) is 11.4. The number of hydrogen-bond acceptors (Lipinski definition) is 0. The van der Waals surface area contributed by atoms with Gasteiger partial charge in [0.15, 0.2) is 0 Å². The Morgan fingerprint density at radius 3 is 2.47 bits per heavy atom. The van der Waals surface area contributed by atoms with E-state index in [-0.39, 0.29) is 26.2 Å². The molecule has 74 valence electrons. The maximum atomic E-state index is 3.46. The summed E-state index contributed by atoms with van der Waals surface area (Å²) in [5.41, 5.74) is 0. The van der Waals surface area contributed by atoms with E-state index in [1.807, 2.05) is 19.1 Å². The molecule has 0 nitrogen and oxygen atoms in total. The Hall–Kier alpha value is -0.807. The van der Waals surface area contributed by atoms with Gasteiger partial charge in [-0.05, 0) is 6.92 Å². The molecule has 0 atom stereocenters. The second kappa shape index (κ2) is 8.50. The van der Waals surface area contributed by atoms with Crippen molar-refractivity contribution in [3.8, 4) is 0 Å². The van der Waals surface area contributed by atoms with Gasteiger partial charge in [0.2, 0.25) is 0 Å². The fraction of sp³-hybridized carbons (Fsp3) is 0.0714. The van der Waals surface area contributed by atoms with Crippen molar-refractivity contribution >= 4 is 10.8 Å². The first-order valence-corrected chi connectivity index (χ1v) is 4.72. The largest absolute Gasteiger partial charge is 2.00 e. The predicted octanol–water partition coefficient (Wildman–Crippen LogP) is 4.30. The van der Waals surface area contributed by atoms with E-state index in [1.54, 1.807) is 6.08 Å². The Morgan fingerprint density at radius 1 is 1.20 bits per heavy atom. The molecule has 0 amide bonds. The van der Waals surface area contributed by atoms with Crippen LogP contribution in [0.2, 0.25) is 0 Å². The van der Waals surface area contributed by atoms with E-state index in [2.05, 4.69) is 49.0 Å². The maximum absolute atomic E-state index is 3.46. The Balaban J connectivity index is 0.000000289. The summed E-state index contributed by atoms with van der Waals surface area (Å²) in [6.45, 7) is 5.42. The monoisotopic (exact) mass is 273 g/mol. The summed E-state index contributed by atoms with van der Waals surface area (Å²) >= 11 is 0. The van der Waals surface area contributed by atoms with Crippen LogP contribution in [0, 0.1) is 0 Å². The van der Waals surface area contributed by atoms with Crippen molar-refractivity contribution in [3.05, 3.63) is 67.3 Å². The van der Waals surface area contributed by atoms with Crippen molar-refractivity contribution in [2.45, 2.75) is 6.92 Å². The van der Waals surface area contributed by atoms with Gasteiger partial charge >= 0.3 is 26.2 Å².